The number of methoxy groups -OCH3 is 2. The fraction of sp³-hybridized carbons (Fsp3) is 0.360. The molecule has 2 heterocycles. The van der Waals surface area contributed by atoms with E-state index in [4.69, 9.17) is 28.4 Å². The van der Waals surface area contributed by atoms with E-state index in [-0.39, 0.29) is 32.3 Å². The summed E-state index contributed by atoms with van der Waals surface area (Å²) in [6.07, 6.45) is 2.39. The zero-order valence-corrected chi connectivity index (χ0v) is 18.5. The maximum Gasteiger partial charge on any atom is 0.323 e. The molecule has 8 nitrogen and oxygen atoms in total. The first-order chi connectivity index (χ1) is 16.0. The van der Waals surface area contributed by atoms with Gasteiger partial charge in [0, 0.05) is 0 Å². The molecule has 33 heavy (non-hydrogen) atoms. The molecule has 3 aliphatic rings. The smallest absolute Gasteiger partial charge is 0.323 e. The van der Waals surface area contributed by atoms with Gasteiger partial charge in [-0.3, -0.25) is 9.59 Å². The van der Waals surface area contributed by atoms with E-state index in [0.29, 0.717) is 29.4 Å². The molecule has 0 aromatic heterocycles. The van der Waals surface area contributed by atoms with Gasteiger partial charge in [-0.2, -0.15) is 0 Å². The molecule has 0 saturated heterocycles. The van der Waals surface area contributed by atoms with Gasteiger partial charge in [-0.25, -0.2) is 0 Å². The molecule has 2 aromatic carbocycles. The number of carbonyl (C=O) groups excluding carboxylic acids is 2. The minimum absolute atomic E-state index is 0.0940. The summed E-state index contributed by atoms with van der Waals surface area (Å²) in [5, 5.41) is 0. The minimum atomic E-state index is -1.52. The number of hydrogen-bond acceptors (Lipinski definition) is 8. The Kier molecular flexibility index (Phi) is 5.15. The van der Waals surface area contributed by atoms with Gasteiger partial charge in [0.25, 0.3) is 0 Å². The van der Waals surface area contributed by atoms with Gasteiger partial charge in [0.15, 0.2) is 28.4 Å². The fourth-order valence-electron chi connectivity index (χ4n) is 5.05. The molecule has 5 rings (SSSR count). The second-order valence-corrected chi connectivity index (χ2v) is 8.32. The lowest BCUT2D eigenvalue weighted by atomic mass is 9.69. The Balaban J connectivity index is 1.65. The van der Waals surface area contributed by atoms with Crippen molar-refractivity contribution in [2.24, 2.45) is 5.41 Å². The van der Waals surface area contributed by atoms with E-state index in [0.717, 1.165) is 22.3 Å². The van der Waals surface area contributed by atoms with Crippen molar-refractivity contribution in [2.45, 2.75) is 25.2 Å². The van der Waals surface area contributed by atoms with Crippen molar-refractivity contribution >= 4 is 11.9 Å². The van der Waals surface area contributed by atoms with E-state index >= 15 is 0 Å². The van der Waals surface area contributed by atoms with Gasteiger partial charge in [-0.1, -0.05) is 6.08 Å². The van der Waals surface area contributed by atoms with Gasteiger partial charge >= 0.3 is 11.9 Å². The van der Waals surface area contributed by atoms with Gasteiger partial charge in [0.1, 0.15) is 0 Å². The molecular weight excluding hydrogens is 428 g/mol. The zero-order valence-electron chi connectivity index (χ0n) is 18.5. The molecule has 0 radical (unpaired) electrons. The van der Waals surface area contributed by atoms with Gasteiger partial charge in [-0.15, -0.1) is 6.58 Å². The van der Waals surface area contributed by atoms with Crippen LogP contribution >= 0.6 is 0 Å². The average Bonchev–Trinajstić information content (AvgIpc) is 3.48. The molecule has 0 spiro atoms. The van der Waals surface area contributed by atoms with Crippen LogP contribution in [-0.2, 0) is 25.5 Å². The summed E-state index contributed by atoms with van der Waals surface area (Å²) in [5.74, 6) is 1.14. The fourth-order valence-corrected chi connectivity index (χ4v) is 5.05. The van der Waals surface area contributed by atoms with Crippen LogP contribution in [0.1, 0.15) is 29.9 Å². The largest absolute Gasteiger partial charge is 0.468 e. The Morgan fingerprint density at radius 2 is 1.48 bits per heavy atom. The van der Waals surface area contributed by atoms with Crippen molar-refractivity contribution in [3.63, 3.8) is 0 Å². The van der Waals surface area contributed by atoms with Crippen molar-refractivity contribution in [1.82, 2.24) is 0 Å². The van der Waals surface area contributed by atoms with Crippen LogP contribution in [0.3, 0.4) is 0 Å². The topological polar surface area (TPSA) is 89.5 Å². The lowest BCUT2D eigenvalue weighted by molar-refractivity contribution is -0.170. The van der Waals surface area contributed by atoms with Crippen molar-refractivity contribution < 1.29 is 38.0 Å². The monoisotopic (exact) mass is 452 g/mol. The van der Waals surface area contributed by atoms with E-state index in [1.54, 1.807) is 6.08 Å². The third kappa shape index (κ3) is 3.28. The van der Waals surface area contributed by atoms with Gasteiger partial charge in [0.05, 0.1) is 14.2 Å². The normalized spacial score (nSPS) is 17.1. The number of esters is 2. The Hall–Kier alpha value is -3.68. The standard InChI is InChI=1S/C25H24O8/c1-4-5-25(23(26)28-2,24(27)29-3)11-15-6-14-7-19-20(31-12-30-19)8-16(14)18-10-22-21(9-17(15)18)32-13-33-22/h4,7-10,15H,1,5-6,11-13H2,2-3H3. The Labute approximate surface area is 191 Å². The maximum atomic E-state index is 12.9. The molecule has 1 unspecified atom stereocenters. The third-order valence-electron chi connectivity index (χ3n) is 6.58. The van der Waals surface area contributed by atoms with E-state index in [9.17, 15) is 9.59 Å². The number of rotatable bonds is 6. The molecule has 0 fully saturated rings. The predicted octanol–water partition coefficient (Wildman–Crippen LogP) is 3.75. The molecule has 1 aliphatic carbocycles. The lowest BCUT2D eigenvalue weighted by Gasteiger charge is -2.35. The second-order valence-electron chi connectivity index (χ2n) is 8.32. The predicted molar refractivity (Wildman–Crippen MR) is 116 cm³/mol. The van der Waals surface area contributed by atoms with Crippen LogP contribution in [0, 0.1) is 5.41 Å². The molecule has 2 aromatic rings. The number of hydrogen-bond donors (Lipinski definition) is 0. The number of allylic oxidation sites excluding steroid dienone is 1. The summed E-state index contributed by atoms with van der Waals surface area (Å²) < 4.78 is 32.5. The van der Waals surface area contributed by atoms with Gasteiger partial charge < -0.3 is 28.4 Å². The van der Waals surface area contributed by atoms with E-state index in [1.165, 1.54) is 14.2 Å². The van der Waals surface area contributed by atoms with Crippen molar-refractivity contribution in [3.05, 3.63) is 48.0 Å². The molecule has 0 N–H and O–H groups in total. The summed E-state index contributed by atoms with van der Waals surface area (Å²) >= 11 is 0. The number of fused-ring (bicyclic) bond motifs is 5. The van der Waals surface area contributed by atoms with E-state index in [2.05, 4.69) is 6.58 Å². The first-order valence-electron chi connectivity index (χ1n) is 10.6. The quantitative estimate of drug-likeness (QED) is 0.372. The Bertz CT molecular complexity index is 1140. The highest BCUT2D eigenvalue weighted by atomic mass is 16.7. The highest BCUT2D eigenvalue weighted by molar-refractivity contribution is 6.00. The second kappa shape index (κ2) is 8.03. The van der Waals surface area contributed by atoms with Gasteiger partial charge in [-0.05, 0) is 71.7 Å². The molecule has 172 valence electrons. The maximum absolute atomic E-state index is 12.9. The molecular formula is C25H24O8. The van der Waals surface area contributed by atoms with Crippen LogP contribution < -0.4 is 18.9 Å². The molecule has 2 aliphatic heterocycles. The Morgan fingerprint density at radius 3 is 2.06 bits per heavy atom. The lowest BCUT2D eigenvalue weighted by Crippen LogP contribution is -2.42. The zero-order chi connectivity index (χ0) is 23.2. The number of benzene rings is 2. The van der Waals surface area contributed by atoms with E-state index < -0.39 is 17.4 Å². The van der Waals surface area contributed by atoms with Crippen LogP contribution in [0.5, 0.6) is 23.0 Å². The van der Waals surface area contributed by atoms with Crippen molar-refractivity contribution in [1.29, 1.82) is 0 Å². The van der Waals surface area contributed by atoms with Crippen LogP contribution in [0.15, 0.2) is 36.9 Å². The van der Waals surface area contributed by atoms with Crippen LogP contribution in [0.25, 0.3) is 11.1 Å². The van der Waals surface area contributed by atoms with Crippen LogP contribution in [0.4, 0.5) is 0 Å². The average molecular weight is 452 g/mol. The summed E-state index contributed by atoms with van der Waals surface area (Å²) in [6, 6.07) is 7.80. The molecule has 8 heteroatoms. The molecule has 0 saturated carbocycles. The summed E-state index contributed by atoms with van der Waals surface area (Å²) in [7, 11) is 2.54. The van der Waals surface area contributed by atoms with Crippen LogP contribution in [-0.4, -0.2) is 39.7 Å². The van der Waals surface area contributed by atoms with Crippen LogP contribution in [0.2, 0.25) is 0 Å². The molecule has 0 amide bonds. The number of carbonyl (C=O) groups is 2. The summed E-state index contributed by atoms with van der Waals surface area (Å²) in [6.45, 7) is 4.07. The number of ether oxygens (including phenoxy) is 6. The minimum Gasteiger partial charge on any atom is -0.468 e. The molecule has 1 atom stereocenters. The first-order valence-corrected chi connectivity index (χ1v) is 10.6. The van der Waals surface area contributed by atoms with Crippen molar-refractivity contribution in [2.75, 3.05) is 27.8 Å². The van der Waals surface area contributed by atoms with E-state index in [1.807, 2.05) is 24.3 Å². The Morgan fingerprint density at radius 1 is 0.939 bits per heavy atom. The summed E-state index contributed by atoms with van der Waals surface area (Å²) in [4.78, 5) is 25.9. The van der Waals surface area contributed by atoms with Gasteiger partial charge in [0.2, 0.25) is 13.6 Å². The van der Waals surface area contributed by atoms with Crippen molar-refractivity contribution in [3.8, 4) is 34.1 Å². The summed E-state index contributed by atoms with van der Waals surface area (Å²) in [5.41, 5.74) is 2.39. The molecule has 0 bridgehead atoms. The SMILES string of the molecule is C=CCC(CC1Cc2cc3c(cc2-c2cc4c(cc21)OCO4)OCO3)(C(=O)OC)C(=O)OC. The highest BCUT2D eigenvalue weighted by Gasteiger charge is 2.50. The third-order valence-corrected chi connectivity index (χ3v) is 6.58. The first kappa shape index (κ1) is 21.2. The highest BCUT2D eigenvalue weighted by Crippen LogP contribution is 2.52.